The predicted octanol–water partition coefficient (Wildman–Crippen LogP) is 6.82. The van der Waals surface area contributed by atoms with E-state index in [0.717, 1.165) is 24.8 Å². The molecule has 0 amide bonds. The highest BCUT2D eigenvalue weighted by Crippen LogP contribution is 2.47. The molecule has 3 rings (SSSR count). The van der Waals surface area contributed by atoms with E-state index in [4.69, 9.17) is 4.52 Å². The first-order valence-electron chi connectivity index (χ1n) is 11.6. The van der Waals surface area contributed by atoms with Crippen molar-refractivity contribution in [1.29, 1.82) is 0 Å². The summed E-state index contributed by atoms with van der Waals surface area (Å²) in [5.74, 6) is 1.22. The second kappa shape index (κ2) is 10.7. The van der Waals surface area contributed by atoms with Crippen LogP contribution in [0.15, 0.2) is 28.8 Å². The molecular weight excluding hydrogens is 360 g/mol. The summed E-state index contributed by atoms with van der Waals surface area (Å²) in [5, 5.41) is 4.10. The van der Waals surface area contributed by atoms with Gasteiger partial charge in [0.05, 0.1) is 5.41 Å². The number of carbonyl (C=O) groups excluding carboxylic acids is 1. The number of rotatable bonds is 14. The van der Waals surface area contributed by atoms with Gasteiger partial charge in [-0.05, 0) is 50.3 Å². The van der Waals surface area contributed by atoms with E-state index in [1.165, 1.54) is 69.8 Å². The molecule has 0 bridgehead atoms. The van der Waals surface area contributed by atoms with Crippen molar-refractivity contribution in [3.63, 3.8) is 0 Å². The van der Waals surface area contributed by atoms with Crippen molar-refractivity contribution in [2.24, 2.45) is 0 Å². The second-order valence-electron chi connectivity index (χ2n) is 8.69. The van der Waals surface area contributed by atoms with E-state index in [1.54, 1.807) is 6.92 Å². The second-order valence-corrected chi connectivity index (χ2v) is 8.69. The lowest BCUT2D eigenvalue weighted by molar-refractivity contribution is -0.119. The molecule has 0 saturated heterocycles. The quantitative estimate of drug-likeness (QED) is 0.329. The van der Waals surface area contributed by atoms with Gasteiger partial charge in [0.15, 0.2) is 5.82 Å². The molecule has 1 fully saturated rings. The Morgan fingerprint density at radius 2 is 1.66 bits per heavy atom. The molecule has 1 aromatic carbocycles. The third-order valence-corrected chi connectivity index (χ3v) is 6.27. The highest BCUT2D eigenvalue weighted by Gasteiger charge is 2.52. The third kappa shape index (κ3) is 6.01. The van der Waals surface area contributed by atoms with Crippen LogP contribution in [0.2, 0.25) is 0 Å². The van der Waals surface area contributed by atoms with Crippen LogP contribution in [0.1, 0.15) is 102 Å². The van der Waals surface area contributed by atoms with Crippen LogP contribution in [0, 0.1) is 0 Å². The van der Waals surface area contributed by atoms with E-state index in [-0.39, 0.29) is 5.78 Å². The molecule has 1 aliphatic carbocycles. The fourth-order valence-corrected chi connectivity index (χ4v) is 4.07. The smallest absolute Gasteiger partial charge is 0.257 e. The highest BCUT2D eigenvalue weighted by atomic mass is 16.5. The minimum atomic E-state index is -0.477. The van der Waals surface area contributed by atoms with Crippen molar-refractivity contribution in [2.45, 2.75) is 103 Å². The number of benzene rings is 1. The summed E-state index contributed by atoms with van der Waals surface area (Å²) in [4.78, 5) is 16.4. The standard InChI is InChI=1S/C25H36N2O2/c1-3-4-5-6-7-8-9-10-11-12-14-21-15-13-16-22(19-21)23-26-24(27-29-23)25(17-18-25)20(2)28/h13,15-16,19H,3-12,14,17-18H2,1-2H3. The van der Waals surface area contributed by atoms with Crippen LogP contribution in [0.5, 0.6) is 0 Å². The van der Waals surface area contributed by atoms with Crippen molar-refractivity contribution in [2.75, 3.05) is 0 Å². The van der Waals surface area contributed by atoms with Crippen LogP contribution in [0.3, 0.4) is 0 Å². The van der Waals surface area contributed by atoms with Gasteiger partial charge in [-0.1, -0.05) is 82.0 Å². The first-order valence-corrected chi connectivity index (χ1v) is 11.6. The fourth-order valence-electron chi connectivity index (χ4n) is 4.07. The van der Waals surface area contributed by atoms with Crippen molar-refractivity contribution in [3.05, 3.63) is 35.7 Å². The number of carbonyl (C=O) groups is 1. The maximum Gasteiger partial charge on any atom is 0.257 e. The van der Waals surface area contributed by atoms with Gasteiger partial charge in [0.1, 0.15) is 5.78 Å². The Bertz CT molecular complexity index is 777. The minimum Gasteiger partial charge on any atom is -0.334 e. The largest absolute Gasteiger partial charge is 0.334 e. The van der Waals surface area contributed by atoms with Gasteiger partial charge in [-0.25, -0.2) is 0 Å². The van der Waals surface area contributed by atoms with Crippen molar-refractivity contribution in [1.82, 2.24) is 10.1 Å². The van der Waals surface area contributed by atoms with Gasteiger partial charge in [0.2, 0.25) is 0 Å². The Balaban J connectivity index is 1.40. The zero-order chi connectivity index (χ0) is 20.5. The summed E-state index contributed by atoms with van der Waals surface area (Å²) in [7, 11) is 0. The summed E-state index contributed by atoms with van der Waals surface area (Å²) in [5.41, 5.74) is 1.79. The van der Waals surface area contributed by atoms with E-state index < -0.39 is 5.41 Å². The van der Waals surface area contributed by atoms with E-state index in [2.05, 4.69) is 35.3 Å². The van der Waals surface area contributed by atoms with Gasteiger partial charge in [-0.15, -0.1) is 0 Å². The van der Waals surface area contributed by atoms with Gasteiger partial charge in [0.25, 0.3) is 5.89 Å². The molecule has 2 aromatic rings. The Labute approximate surface area is 175 Å². The summed E-state index contributed by atoms with van der Waals surface area (Å²) in [6.45, 7) is 3.89. The Hall–Kier alpha value is -1.97. The number of hydrogen-bond acceptors (Lipinski definition) is 4. The molecule has 0 aliphatic heterocycles. The third-order valence-electron chi connectivity index (χ3n) is 6.27. The normalized spacial score (nSPS) is 14.8. The fraction of sp³-hybridized carbons (Fsp3) is 0.640. The SMILES string of the molecule is CCCCCCCCCCCCc1cccc(-c2nc(C3(C(C)=O)CC3)no2)c1. The zero-order valence-corrected chi connectivity index (χ0v) is 18.2. The van der Waals surface area contributed by atoms with Gasteiger partial charge in [-0.2, -0.15) is 4.98 Å². The lowest BCUT2D eigenvalue weighted by Crippen LogP contribution is -2.18. The van der Waals surface area contributed by atoms with Crippen LogP contribution >= 0.6 is 0 Å². The number of unbranched alkanes of at least 4 members (excludes halogenated alkanes) is 9. The van der Waals surface area contributed by atoms with E-state index in [9.17, 15) is 4.79 Å². The molecule has 1 aliphatic rings. The summed E-state index contributed by atoms with van der Waals surface area (Å²) in [6.07, 6.45) is 16.3. The number of nitrogens with zero attached hydrogens (tertiary/aromatic N) is 2. The van der Waals surface area contributed by atoms with Crippen LogP contribution < -0.4 is 0 Å². The number of aryl methyl sites for hydroxylation is 1. The van der Waals surface area contributed by atoms with E-state index in [1.807, 2.05) is 6.07 Å². The molecule has 1 heterocycles. The molecule has 0 spiro atoms. The van der Waals surface area contributed by atoms with Crippen LogP contribution in [-0.4, -0.2) is 15.9 Å². The minimum absolute atomic E-state index is 0.138. The Morgan fingerprint density at radius 1 is 1.00 bits per heavy atom. The monoisotopic (exact) mass is 396 g/mol. The number of ketones is 1. The van der Waals surface area contributed by atoms with Crippen molar-refractivity contribution < 1.29 is 9.32 Å². The molecule has 0 unspecified atom stereocenters. The molecule has 1 saturated carbocycles. The molecule has 0 N–H and O–H groups in total. The van der Waals surface area contributed by atoms with Crippen LogP contribution in [-0.2, 0) is 16.6 Å². The molecule has 0 atom stereocenters. The first kappa shape index (κ1) is 21.7. The van der Waals surface area contributed by atoms with E-state index >= 15 is 0 Å². The van der Waals surface area contributed by atoms with Gasteiger partial charge >= 0.3 is 0 Å². The molecule has 4 heteroatoms. The molecular formula is C25H36N2O2. The predicted molar refractivity (Wildman–Crippen MR) is 117 cm³/mol. The van der Waals surface area contributed by atoms with Gasteiger partial charge in [-0.3, -0.25) is 4.79 Å². The van der Waals surface area contributed by atoms with Gasteiger partial charge < -0.3 is 4.52 Å². The molecule has 1 aromatic heterocycles. The Kier molecular flexibility index (Phi) is 8.02. The molecule has 158 valence electrons. The van der Waals surface area contributed by atoms with Crippen molar-refractivity contribution in [3.8, 4) is 11.5 Å². The van der Waals surface area contributed by atoms with Crippen LogP contribution in [0.25, 0.3) is 11.5 Å². The van der Waals surface area contributed by atoms with Crippen LogP contribution in [0.4, 0.5) is 0 Å². The molecule has 0 radical (unpaired) electrons. The number of Topliss-reactive ketones (excluding diaryl/α,β-unsaturated/α-hetero) is 1. The van der Waals surface area contributed by atoms with Crippen molar-refractivity contribution >= 4 is 5.78 Å². The average Bonchev–Trinajstić information content (AvgIpc) is 3.40. The summed E-state index contributed by atoms with van der Waals surface area (Å²) in [6, 6.07) is 8.39. The highest BCUT2D eigenvalue weighted by molar-refractivity contribution is 5.90. The van der Waals surface area contributed by atoms with E-state index in [0.29, 0.717) is 11.7 Å². The number of hydrogen-bond donors (Lipinski definition) is 0. The van der Waals surface area contributed by atoms with Gasteiger partial charge in [0, 0.05) is 5.56 Å². The topological polar surface area (TPSA) is 56.0 Å². The lowest BCUT2D eigenvalue weighted by atomic mass is 10.0. The average molecular weight is 397 g/mol. The number of aromatic nitrogens is 2. The lowest BCUT2D eigenvalue weighted by Gasteiger charge is -2.04. The maximum absolute atomic E-state index is 11.9. The molecule has 4 nitrogen and oxygen atoms in total. The zero-order valence-electron chi connectivity index (χ0n) is 18.2. The molecule has 29 heavy (non-hydrogen) atoms. The first-order chi connectivity index (χ1) is 14.2. The maximum atomic E-state index is 11.9. The summed E-state index contributed by atoms with van der Waals surface area (Å²) >= 11 is 0. The Morgan fingerprint density at radius 3 is 2.28 bits per heavy atom. The summed E-state index contributed by atoms with van der Waals surface area (Å²) < 4.78 is 5.47.